The summed E-state index contributed by atoms with van der Waals surface area (Å²) in [7, 11) is -3.40. The maximum absolute atomic E-state index is 13.1. The molecule has 0 radical (unpaired) electrons. The normalized spacial score (nSPS) is 41.5. The highest BCUT2D eigenvalue weighted by atomic mass is 35.5. The monoisotopic (exact) mass is 350 g/mol. The van der Waals surface area contributed by atoms with Crippen LogP contribution in [0.3, 0.4) is 0 Å². The Kier molecular flexibility index (Phi) is 2.58. The Morgan fingerprint density at radius 2 is 2.04 bits per heavy atom. The molecular formula is C16H15ClN2O3S. The van der Waals surface area contributed by atoms with Crippen LogP contribution in [0.4, 0.5) is 5.69 Å². The average Bonchev–Trinajstić information content (AvgIpc) is 3.02. The third-order valence-corrected chi connectivity index (χ3v) is 8.95. The molecule has 120 valence electrons. The van der Waals surface area contributed by atoms with Gasteiger partial charge in [-0.1, -0.05) is 11.6 Å². The number of rotatable bonds is 1. The molecule has 0 unspecified atom stereocenters. The first-order valence-corrected chi connectivity index (χ1v) is 9.69. The summed E-state index contributed by atoms with van der Waals surface area (Å²) < 4.78 is 33.4. The third kappa shape index (κ3) is 1.58. The first-order valence-electron chi connectivity index (χ1n) is 7.81. The lowest BCUT2D eigenvalue weighted by atomic mass is 9.88. The van der Waals surface area contributed by atoms with Gasteiger partial charge in [0.2, 0.25) is 10.0 Å². The predicted octanol–water partition coefficient (Wildman–Crippen LogP) is 2.07. The van der Waals surface area contributed by atoms with E-state index in [2.05, 4.69) is 0 Å². The van der Waals surface area contributed by atoms with Gasteiger partial charge in [0.25, 0.3) is 0 Å². The Labute approximate surface area is 139 Å². The number of nitriles is 1. The van der Waals surface area contributed by atoms with E-state index in [1.165, 1.54) is 4.31 Å². The van der Waals surface area contributed by atoms with E-state index in [4.69, 9.17) is 21.6 Å². The van der Waals surface area contributed by atoms with Gasteiger partial charge in [-0.05, 0) is 37.0 Å². The van der Waals surface area contributed by atoms with Crippen molar-refractivity contribution in [2.45, 2.75) is 30.8 Å². The van der Waals surface area contributed by atoms with Crippen LogP contribution in [0.1, 0.15) is 17.5 Å². The lowest BCUT2D eigenvalue weighted by molar-refractivity contribution is 0.251. The number of fused-ring (bicyclic) bond motifs is 8. The highest BCUT2D eigenvalue weighted by molar-refractivity contribution is 7.93. The molecule has 5 nitrogen and oxygen atoms in total. The molecule has 2 aliphatic heterocycles. The molecule has 4 fully saturated rings. The van der Waals surface area contributed by atoms with Crippen LogP contribution >= 0.6 is 11.6 Å². The summed E-state index contributed by atoms with van der Waals surface area (Å²) in [6.07, 6.45) is 1.45. The van der Waals surface area contributed by atoms with Crippen molar-refractivity contribution < 1.29 is 13.2 Å². The van der Waals surface area contributed by atoms with Crippen molar-refractivity contribution in [2.24, 2.45) is 17.8 Å². The van der Waals surface area contributed by atoms with Crippen molar-refractivity contribution in [1.29, 1.82) is 5.26 Å². The van der Waals surface area contributed by atoms with Gasteiger partial charge in [-0.3, -0.25) is 4.31 Å². The molecule has 0 N–H and O–H groups in total. The number of halogens is 1. The Morgan fingerprint density at radius 3 is 2.78 bits per heavy atom. The van der Waals surface area contributed by atoms with Crippen LogP contribution in [-0.2, 0) is 14.8 Å². The van der Waals surface area contributed by atoms with E-state index in [0.29, 0.717) is 40.4 Å². The first-order chi connectivity index (χ1) is 10.9. The van der Waals surface area contributed by atoms with Gasteiger partial charge in [-0.15, -0.1) is 0 Å². The SMILES string of the molecule is Cc1c(N2C[C@H]3[C@@H]4C[C@H]([C@H]5O[C@@H]45)[C@H]3S2(=O)=O)ccc(C#N)c1Cl. The van der Waals surface area contributed by atoms with Crippen LogP contribution in [0.5, 0.6) is 0 Å². The fourth-order valence-electron chi connectivity index (χ4n) is 5.10. The molecule has 2 saturated heterocycles. The summed E-state index contributed by atoms with van der Waals surface area (Å²) in [5.41, 5.74) is 1.64. The zero-order chi connectivity index (χ0) is 16.1. The van der Waals surface area contributed by atoms with E-state index in [-0.39, 0.29) is 23.2 Å². The van der Waals surface area contributed by atoms with E-state index < -0.39 is 10.0 Å². The fraction of sp³-hybridized carbons (Fsp3) is 0.562. The van der Waals surface area contributed by atoms with Crippen molar-refractivity contribution in [2.75, 3.05) is 10.8 Å². The minimum atomic E-state index is -3.40. The molecule has 0 aromatic heterocycles. The second-order valence-corrected chi connectivity index (χ2v) is 9.41. The summed E-state index contributed by atoms with van der Waals surface area (Å²) in [6.45, 7) is 2.28. The third-order valence-electron chi connectivity index (χ3n) is 6.12. The molecule has 0 spiro atoms. The number of nitrogens with zero attached hydrogens (tertiary/aromatic N) is 2. The molecule has 2 bridgehead atoms. The van der Waals surface area contributed by atoms with Crippen LogP contribution in [0, 0.1) is 36.0 Å². The minimum Gasteiger partial charge on any atom is -0.369 e. The Bertz CT molecular complexity index is 878. The lowest BCUT2D eigenvalue weighted by Gasteiger charge is -2.23. The predicted molar refractivity (Wildman–Crippen MR) is 84.7 cm³/mol. The van der Waals surface area contributed by atoms with Crippen LogP contribution in [0.25, 0.3) is 0 Å². The molecule has 1 aromatic rings. The van der Waals surface area contributed by atoms with Crippen LogP contribution in [0.2, 0.25) is 5.02 Å². The number of benzene rings is 1. The van der Waals surface area contributed by atoms with Gasteiger partial charge in [0.15, 0.2) is 0 Å². The van der Waals surface area contributed by atoms with Crippen molar-refractivity contribution in [3.63, 3.8) is 0 Å². The molecular weight excluding hydrogens is 336 g/mol. The highest BCUT2D eigenvalue weighted by Crippen LogP contribution is 2.63. The van der Waals surface area contributed by atoms with Crippen molar-refractivity contribution in [3.05, 3.63) is 28.3 Å². The van der Waals surface area contributed by atoms with Crippen molar-refractivity contribution in [1.82, 2.24) is 0 Å². The Balaban J connectivity index is 1.59. The van der Waals surface area contributed by atoms with Crippen LogP contribution in [-0.4, -0.2) is 32.4 Å². The summed E-state index contributed by atoms with van der Waals surface area (Å²) in [5, 5.41) is 9.09. The summed E-state index contributed by atoms with van der Waals surface area (Å²) >= 11 is 6.23. The standard InChI is InChI=1S/C16H15ClN2O3S/c1-7-12(3-2-8(5-18)13(7)17)19-6-11-9-4-10(15-14(9)22-15)16(11)23(19,20)21/h2-3,9-11,14-16H,4,6H2,1H3/t9-,10+,11-,14-,15+,16+/m0/s1. The Morgan fingerprint density at radius 1 is 1.30 bits per heavy atom. The molecule has 5 rings (SSSR count). The smallest absolute Gasteiger partial charge is 0.238 e. The van der Waals surface area contributed by atoms with E-state index in [1.807, 2.05) is 6.07 Å². The van der Waals surface area contributed by atoms with E-state index >= 15 is 0 Å². The molecule has 2 heterocycles. The number of hydrogen-bond donors (Lipinski definition) is 0. The van der Waals surface area contributed by atoms with Crippen LogP contribution in [0.15, 0.2) is 12.1 Å². The molecule has 7 heteroatoms. The van der Waals surface area contributed by atoms with Gasteiger partial charge in [0.1, 0.15) is 6.07 Å². The van der Waals surface area contributed by atoms with Gasteiger partial charge in [-0.25, -0.2) is 8.42 Å². The quantitative estimate of drug-likeness (QED) is 0.727. The van der Waals surface area contributed by atoms with Gasteiger partial charge in [0.05, 0.1) is 33.7 Å². The topological polar surface area (TPSA) is 73.7 Å². The van der Waals surface area contributed by atoms with Gasteiger partial charge in [-0.2, -0.15) is 5.26 Å². The van der Waals surface area contributed by atoms with Crippen LogP contribution < -0.4 is 4.31 Å². The number of anilines is 1. The number of epoxide rings is 1. The fourth-order valence-corrected chi connectivity index (χ4v) is 7.88. The number of sulfonamides is 1. The van der Waals surface area contributed by atoms with E-state index in [1.54, 1.807) is 19.1 Å². The molecule has 2 aliphatic carbocycles. The minimum absolute atomic E-state index is 0.152. The van der Waals surface area contributed by atoms with Gasteiger partial charge < -0.3 is 4.74 Å². The molecule has 2 saturated carbocycles. The van der Waals surface area contributed by atoms with Gasteiger partial charge in [0, 0.05) is 18.4 Å². The number of ether oxygens (including phenoxy) is 1. The molecule has 4 aliphatic rings. The maximum atomic E-state index is 13.1. The number of hydrogen-bond acceptors (Lipinski definition) is 4. The van der Waals surface area contributed by atoms with Gasteiger partial charge >= 0.3 is 0 Å². The molecule has 0 amide bonds. The maximum Gasteiger partial charge on any atom is 0.238 e. The van der Waals surface area contributed by atoms with E-state index in [0.717, 1.165) is 6.42 Å². The lowest BCUT2D eigenvalue weighted by Crippen LogP contribution is -2.35. The molecule has 1 aromatic carbocycles. The summed E-state index contributed by atoms with van der Waals surface area (Å²) in [5.74, 6) is 0.686. The Hall–Kier alpha value is -1.29. The first kappa shape index (κ1) is 14.1. The van der Waals surface area contributed by atoms with Crippen molar-refractivity contribution >= 4 is 27.3 Å². The zero-order valence-corrected chi connectivity index (χ0v) is 14.0. The largest absolute Gasteiger partial charge is 0.369 e. The summed E-state index contributed by atoms with van der Waals surface area (Å²) in [6, 6.07) is 5.34. The molecule has 6 atom stereocenters. The second-order valence-electron chi connectivity index (χ2n) is 7.02. The second kappa shape index (κ2) is 4.21. The average molecular weight is 351 g/mol. The van der Waals surface area contributed by atoms with Crippen molar-refractivity contribution in [3.8, 4) is 6.07 Å². The zero-order valence-electron chi connectivity index (χ0n) is 12.4. The van der Waals surface area contributed by atoms with E-state index in [9.17, 15) is 8.42 Å². The summed E-state index contributed by atoms with van der Waals surface area (Å²) in [4.78, 5) is 0. The molecule has 23 heavy (non-hydrogen) atoms. The highest BCUT2D eigenvalue weighted by Gasteiger charge is 2.73.